The maximum absolute atomic E-state index is 13.4. The van der Waals surface area contributed by atoms with Crippen molar-refractivity contribution in [3.63, 3.8) is 0 Å². The van der Waals surface area contributed by atoms with E-state index in [1.54, 1.807) is 0 Å². The summed E-state index contributed by atoms with van der Waals surface area (Å²) in [5, 5.41) is 3.31. The van der Waals surface area contributed by atoms with Crippen molar-refractivity contribution in [1.29, 1.82) is 0 Å². The lowest BCUT2D eigenvalue weighted by atomic mass is 10.1. The Kier molecular flexibility index (Phi) is 2.81. The highest BCUT2D eigenvalue weighted by molar-refractivity contribution is 6.08. The zero-order chi connectivity index (χ0) is 17.3. The van der Waals surface area contributed by atoms with Gasteiger partial charge in [0, 0.05) is 25.2 Å². The summed E-state index contributed by atoms with van der Waals surface area (Å²) in [5.74, 6) is 0.415. The smallest absolute Gasteiger partial charge is 0.417 e. The third-order valence-electron chi connectivity index (χ3n) is 4.97. The maximum atomic E-state index is 13.4. The number of aromatic nitrogens is 2. The molecule has 0 spiro atoms. The van der Waals surface area contributed by atoms with Gasteiger partial charge >= 0.3 is 6.18 Å². The number of hydrogen-bond acceptors (Lipinski definition) is 6. The molecule has 2 fully saturated rings. The molecule has 6 nitrogen and oxygen atoms in total. The molecule has 2 aliphatic rings. The highest BCUT2D eigenvalue weighted by atomic mass is 19.4. The Balaban J connectivity index is 1.81. The molecule has 3 N–H and O–H groups in total. The van der Waals surface area contributed by atoms with Crippen molar-refractivity contribution < 1.29 is 17.6 Å². The second kappa shape index (κ2) is 4.75. The standard InChI is InChI=1S/C16H14F3N5O/c17-16(18,19)9-2-1-3-10-11(9)12-13(25-10)14(23-15(20)22-12)24-6-7-4-8(24)5-21-7/h1-3,7-8,21H,4-6H2,(H2,20,22,23)/t7-,8+/m0/s1. The van der Waals surface area contributed by atoms with Crippen LogP contribution in [-0.2, 0) is 6.18 Å². The summed E-state index contributed by atoms with van der Waals surface area (Å²) in [6.45, 7) is 1.53. The predicted molar refractivity (Wildman–Crippen MR) is 86.3 cm³/mol. The first kappa shape index (κ1) is 14.8. The Morgan fingerprint density at radius 3 is 2.80 bits per heavy atom. The van der Waals surface area contributed by atoms with Crippen LogP contribution in [0.15, 0.2) is 22.6 Å². The minimum absolute atomic E-state index is 0.0575. The molecule has 2 bridgehead atoms. The van der Waals surface area contributed by atoms with Crippen LogP contribution < -0.4 is 16.0 Å². The zero-order valence-corrected chi connectivity index (χ0v) is 13.0. The van der Waals surface area contributed by atoms with Crippen LogP contribution in [0.25, 0.3) is 22.1 Å². The van der Waals surface area contributed by atoms with E-state index >= 15 is 0 Å². The number of nitrogens with one attached hydrogen (secondary N) is 1. The van der Waals surface area contributed by atoms with Gasteiger partial charge in [-0.2, -0.15) is 18.2 Å². The van der Waals surface area contributed by atoms with E-state index < -0.39 is 11.7 Å². The largest absolute Gasteiger partial charge is 0.450 e. The van der Waals surface area contributed by atoms with Gasteiger partial charge in [0.05, 0.1) is 10.9 Å². The first-order chi connectivity index (χ1) is 11.9. The average molecular weight is 349 g/mol. The number of nitrogens with two attached hydrogens (primary N) is 1. The van der Waals surface area contributed by atoms with Crippen molar-refractivity contribution in [2.75, 3.05) is 23.7 Å². The van der Waals surface area contributed by atoms with Crippen LogP contribution in [0.4, 0.5) is 24.9 Å². The highest BCUT2D eigenvalue weighted by Crippen LogP contribution is 2.42. The van der Waals surface area contributed by atoms with E-state index in [1.165, 1.54) is 12.1 Å². The number of anilines is 2. The molecule has 0 aliphatic carbocycles. The SMILES string of the molecule is Nc1nc(N2C[C@@H]3C[C@@H]2CN3)c2oc3cccc(C(F)(F)F)c3c2n1. The van der Waals surface area contributed by atoms with Gasteiger partial charge < -0.3 is 20.4 Å². The lowest BCUT2D eigenvalue weighted by Crippen LogP contribution is -2.44. The molecule has 0 saturated carbocycles. The highest BCUT2D eigenvalue weighted by Gasteiger charge is 2.40. The lowest BCUT2D eigenvalue weighted by Gasteiger charge is -2.28. The van der Waals surface area contributed by atoms with Crippen molar-refractivity contribution in [1.82, 2.24) is 15.3 Å². The Bertz CT molecular complexity index is 999. The number of halogens is 3. The second-order valence-electron chi connectivity index (χ2n) is 6.51. The number of piperazine rings is 1. The fraction of sp³-hybridized carbons (Fsp3) is 0.375. The van der Waals surface area contributed by atoms with Crippen molar-refractivity contribution in [2.45, 2.75) is 24.7 Å². The van der Waals surface area contributed by atoms with Gasteiger partial charge in [0.25, 0.3) is 0 Å². The van der Waals surface area contributed by atoms with Crippen molar-refractivity contribution >= 4 is 33.8 Å². The minimum Gasteiger partial charge on any atom is -0.450 e. The Hall–Kier alpha value is -2.55. The Labute approximate surface area is 139 Å². The summed E-state index contributed by atoms with van der Waals surface area (Å²) in [6, 6.07) is 4.44. The van der Waals surface area contributed by atoms with Crippen LogP contribution in [0.1, 0.15) is 12.0 Å². The molecule has 5 rings (SSSR count). The van der Waals surface area contributed by atoms with Gasteiger partial charge in [-0.1, -0.05) is 6.07 Å². The number of furan rings is 1. The Morgan fingerprint density at radius 1 is 1.28 bits per heavy atom. The summed E-state index contributed by atoms with van der Waals surface area (Å²) in [5.41, 5.74) is 5.53. The predicted octanol–water partition coefficient (Wildman–Crippen LogP) is 2.53. The van der Waals surface area contributed by atoms with E-state index in [0.717, 1.165) is 25.6 Å². The van der Waals surface area contributed by atoms with Gasteiger partial charge in [-0.05, 0) is 18.6 Å². The summed E-state index contributed by atoms with van der Waals surface area (Å²) in [6.07, 6.45) is -3.54. The minimum atomic E-state index is -4.51. The van der Waals surface area contributed by atoms with Crippen molar-refractivity contribution in [3.05, 3.63) is 23.8 Å². The average Bonchev–Trinajstić information content (AvgIpc) is 3.26. The zero-order valence-electron chi connectivity index (χ0n) is 13.0. The molecule has 25 heavy (non-hydrogen) atoms. The van der Waals surface area contributed by atoms with Crippen LogP contribution in [0.3, 0.4) is 0 Å². The normalized spacial score (nSPS) is 23.2. The molecular weight excluding hydrogens is 335 g/mol. The summed E-state index contributed by atoms with van der Waals surface area (Å²) < 4.78 is 46.0. The third-order valence-corrected chi connectivity index (χ3v) is 4.97. The van der Waals surface area contributed by atoms with Gasteiger partial charge in [0.15, 0.2) is 11.4 Å². The number of alkyl halides is 3. The molecule has 9 heteroatoms. The van der Waals surface area contributed by atoms with Gasteiger partial charge in [0.1, 0.15) is 11.1 Å². The van der Waals surface area contributed by atoms with Crippen molar-refractivity contribution in [2.24, 2.45) is 0 Å². The molecule has 2 aliphatic heterocycles. The molecular formula is C16H14F3N5O. The fourth-order valence-corrected chi connectivity index (χ4v) is 3.94. The fourth-order valence-electron chi connectivity index (χ4n) is 3.94. The van der Waals surface area contributed by atoms with E-state index in [-0.39, 0.29) is 34.1 Å². The van der Waals surface area contributed by atoms with E-state index in [4.69, 9.17) is 10.2 Å². The number of fused-ring (bicyclic) bond motifs is 5. The van der Waals surface area contributed by atoms with Gasteiger partial charge in [-0.25, -0.2) is 4.98 Å². The van der Waals surface area contributed by atoms with Crippen LogP contribution in [0, 0.1) is 0 Å². The number of nitrogen functional groups attached to an aromatic ring is 1. The molecule has 130 valence electrons. The van der Waals surface area contributed by atoms with Gasteiger partial charge in [-0.15, -0.1) is 0 Å². The van der Waals surface area contributed by atoms with E-state index in [0.29, 0.717) is 11.9 Å². The molecule has 1 aromatic carbocycles. The van der Waals surface area contributed by atoms with E-state index in [9.17, 15) is 13.2 Å². The molecule has 0 radical (unpaired) electrons. The quantitative estimate of drug-likeness (QED) is 0.703. The van der Waals surface area contributed by atoms with Crippen LogP contribution in [0.5, 0.6) is 0 Å². The van der Waals surface area contributed by atoms with Gasteiger partial charge in [0.2, 0.25) is 5.95 Å². The van der Waals surface area contributed by atoms with E-state index in [2.05, 4.69) is 20.2 Å². The number of benzene rings is 1. The summed E-state index contributed by atoms with van der Waals surface area (Å²) >= 11 is 0. The lowest BCUT2D eigenvalue weighted by molar-refractivity contribution is -0.136. The van der Waals surface area contributed by atoms with Gasteiger partial charge in [-0.3, -0.25) is 0 Å². The topological polar surface area (TPSA) is 80.2 Å². The first-order valence-electron chi connectivity index (χ1n) is 7.98. The molecule has 0 amide bonds. The Morgan fingerprint density at radius 2 is 2.12 bits per heavy atom. The molecule has 2 saturated heterocycles. The molecule has 0 unspecified atom stereocenters. The van der Waals surface area contributed by atoms with E-state index in [1.807, 2.05) is 0 Å². The van der Waals surface area contributed by atoms with Crippen LogP contribution in [-0.4, -0.2) is 35.1 Å². The first-order valence-corrected chi connectivity index (χ1v) is 7.98. The maximum Gasteiger partial charge on any atom is 0.417 e. The van der Waals surface area contributed by atoms with Crippen molar-refractivity contribution in [3.8, 4) is 0 Å². The number of nitrogens with zero attached hydrogens (tertiary/aromatic N) is 3. The monoisotopic (exact) mass is 349 g/mol. The molecule has 2 atom stereocenters. The molecule has 4 heterocycles. The molecule has 2 aromatic heterocycles. The summed E-state index contributed by atoms with van der Waals surface area (Å²) in [4.78, 5) is 10.4. The summed E-state index contributed by atoms with van der Waals surface area (Å²) in [7, 11) is 0. The van der Waals surface area contributed by atoms with Crippen LogP contribution in [0.2, 0.25) is 0 Å². The number of hydrogen-bond donors (Lipinski definition) is 2. The van der Waals surface area contributed by atoms with Crippen LogP contribution >= 0.6 is 0 Å². The molecule has 3 aromatic rings. The third kappa shape index (κ3) is 2.08. The number of rotatable bonds is 1. The second-order valence-corrected chi connectivity index (χ2v) is 6.51.